The van der Waals surface area contributed by atoms with Crippen molar-refractivity contribution in [1.29, 1.82) is 0 Å². The van der Waals surface area contributed by atoms with Crippen LogP contribution in [0.1, 0.15) is 57.9 Å². The highest BCUT2D eigenvalue weighted by Gasteiger charge is 2.28. The molecule has 1 atom stereocenters. The lowest BCUT2D eigenvalue weighted by atomic mass is 9.81. The first-order chi connectivity index (χ1) is 12.0. The maximum atomic E-state index is 12.8. The number of hydrogen-bond acceptors (Lipinski definition) is 1. The highest BCUT2D eigenvalue weighted by molar-refractivity contribution is 5.97. The highest BCUT2D eigenvalue weighted by atomic mass is 16.1. The van der Waals surface area contributed by atoms with Gasteiger partial charge in [0.2, 0.25) is 0 Å². The van der Waals surface area contributed by atoms with Crippen LogP contribution in [0.15, 0.2) is 42.5 Å². The van der Waals surface area contributed by atoms with Gasteiger partial charge in [0.1, 0.15) is 0 Å². The van der Waals surface area contributed by atoms with Crippen LogP contribution in [-0.4, -0.2) is 10.4 Å². The molecule has 0 N–H and O–H groups in total. The van der Waals surface area contributed by atoms with E-state index in [2.05, 4.69) is 43.7 Å². The summed E-state index contributed by atoms with van der Waals surface area (Å²) in [6, 6.07) is 14.7. The van der Waals surface area contributed by atoms with E-state index in [4.69, 9.17) is 0 Å². The molecule has 128 valence electrons. The van der Waals surface area contributed by atoms with Gasteiger partial charge in [0, 0.05) is 35.6 Å². The van der Waals surface area contributed by atoms with Crippen molar-refractivity contribution in [3.05, 3.63) is 70.4 Å². The monoisotopic (exact) mass is 331 g/mol. The van der Waals surface area contributed by atoms with Gasteiger partial charge in [0.05, 0.1) is 0 Å². The van der Waals surface area contributed by atoms with Crippen LogP contribution >= 0.6 is 0 Å². The number of hydrogen-bond donors (Lipinski definition) is 0. The van der Waals surface area contributed by atoms with Crippen molar-refractivity contribution >= 4 is 16.7 Å². The average Bonchev–Trinajstić information content (AvgIpc) is 2.88. The Balaban J connectivity index is 1.73. The molecule has 1 heterocycles. The number of Topliss-reactive ketones (excluding diaryl/α,β-unsaturated/α-hetero) is 1. The number of rotatable bonds is 3. The molecule has 0 fully saturated rings. The molecule has 0 saturated carbocycles. The molecule has 1 aromatic heterocycles. The van der Waals surface area contributed by atoms with Crippen LogP contribution in [0.4, 0.5) is 0 Å². The molecule has 1 unspecified atom stereocenters. The standard InChI is InChI=1S/C23H25NO/c1-15-7-10-17(11-8-15)22(25)14-18-5-4-6-21-23(18)19-13-16(2)9-12-20(19)24(21)3/h7-13,18H,4-6,14H2,1-3H3. The Morgan fingerprint density at radius 1 is 1.08 bits per heavy atom. The van der Waals surface area contributed by atoms with E-state index in [1.54, 1.807) is 0 Å². The number of ketones is 1. The van der Waals surface area contributed by atoms with E-state index in [1.165, 1.54) is 39.7 Å². The van der Waals surface area contributed by atoms with Gasteiger partial charge in [-0.3, -0.25) is 4.79 Å². The number of nitrogens with zero attached hydrogens (tertiary/aromatic N) is 1. The first-order valence-corrected chi connectivity index (χ1v) is 9.22. The summed E-state index contributed by atoms with van der Waals surface area (Å²) in [4.78, 5) is 12.8. The molecule has 1 aliphatic carbocycles. The van der Waals surface area contributed by atoms with Gasteiger partial charge >= 0.3 is 0 Å². The van der Waals surface area contributed by atoms with Crippen molar-refractivity contribution in [2.24, 2.45) is 7.05 Å². The summed E-state index contributed by atoms with van der Waals surface area (Å²) in [5, 5.41) is 1.35. The maximum Gasteiger partial charge on any atom is 0.163 e. The normalized spacial score (nSPS) is 16.8. The molecular formula is C23H25NO. The maximum absolute atomic E-state index is 12.8. The van der Waals surface area contributed by atoms with Crippen LogP contribution < -0.4 is 0 Å². The van der Waals surface area contributed by atoms with Crippen molar-refractivity contribution in [3.8, 4) is 0 Å². The fourth-order valence-electron chi connectivity index (χ4n) is 4.34. The lowest BCUT2D eigenvalue weighted by Gasteiger charge is -2.23. The van der Waals surface area contributed by atoms with Gasteiger partial charge < -0.3 is 4.57 Å². The zero-order valence-corrected chi connectivity index (χ0v) is 15.3. The molecule has 4 rings (SSSR count). The summed E-state index contributed by atoms with van der Waals surface area (Å²) in [5.41, 5.74) is 7.47. The minimum absolute atomic E-state index is 0.266. The minimum Gasteiger partial charge on any atom is -0.347 e. The summed E-state index contributed by atoms with van der Waals surface area (Å²) in [6.45, 7) is 4.20. The number of carbonyl (C=O) groups excluding carboxylic acids is 1. The molecule has 0 aliphatic heterocycles. The van der Waals surface area contributed by atoms with Crippen LogP contribution in [0.2, 0.25) is 0 Å². The van der Waals surface area contributed by atoms with E-state index >= 15 is 0 Å². The minimum atomic E-state index is 0.266. The molecule has 2 nitrogen and oxygen atoms in total. The van der Waals surface area contributed by atoms with Crippen LogP contribution in [0.3, 0.4) is 0 Å². The predicted molar refractivity (Wildman–Crippen MR) is 103 cm³/mol. The first kappa shape index (κ1) is 16.1. The van der Waals surface area contributed by atoms with Crippen LogP contribution in [0.25, 0.3) is 10.9 Å². The molecule has 2 aromatic carbocycles. The number of carbonyl (C=O) groups is 1. The SMILES string of the molecule is Cc1ccc(C(=O)CC2CCCc3c2c2cc(C)ccc2n3C)cc1. The molecule has 0 bridgehead atoms. The third kappa shape index (κ3) is 2.80. The average molecular weight is 331 g/mol. The van der Waals surface area contributed by atoms with Crippen molar-refractivity contribution in [1.82, 2.24) is 4.57 Å². The third-order valence-corrected chi connectivity index (χ3v) is 5.70. The Morgan fingerprint density at radius 3 is 2.56 bits per heavy atom. The van der Waals surface area contributed by atoms with Crippen molar-refractivity contribution in [2.75, 3.05) is 0 Å². The van der Waals surface area contributed by atoms with Crippen molar-refractivity contribution < 1.29 is 4.79 Å². The summed E-state index contributed by atoms with van der Waals surface area (Å²) < 4.78 is 2.34. The lowest BCUT2D eigenvalue weighted by molar-refractivity contribution is 0.0971. The third-order valence-electron chi connectivity index (χ3n) is 5.70. The fourth-order valence-corrected chi connectivity index (χ4v) is 4.34. The number of benzene rings is 2. The van der Waals surface area contributed by atoms with Crippen LogP contribution in [-0.2, 0) is 13.5 Å². The number of aryl methyl sites for hydroxylation is 3. The Morgan fingerprint density at radius 2 is 1.80 bits per heavy atom. The smallest absolute Gasteiger partial charge is 0.163 e. The van der Waals surface area contributed by atoms with E-state index in [0.717, 1.165) is 18.4 Å². The molecular weight excluding hydrogens is 306 g/mol. The van der Waals surface area contributed by atoms with Gasteiger partial charge in [-0.1, -0.05) is 41.5 Å². The lowest BCUT2D eigenvalue weighted by Crippen LogP contribution is -2.15. The zero-order chi connectivity index (χ0) is 17.6. The van der Waals surface area contributed by atoms with E-state index in [-0.39, 0.29) is 5.78 Å². The molecule has 1 aliphatic rings. The first-order valence-electron chi connectivity index (χ1n) is 9.22. The molecule has 3 aromatic rings. The Kier molecular flexibility index (Phi) is 3.99. The van der Waals surface area contributed by atoms with Crippen LogP contribution in [0.5, 0.6) is 0 Å². The summed E-state index contributed by atoms with van der Waals surface area (Å²) >= 11 is 0. The molecule has 0 amide bonds. The zero-order valence-electron chi connectivity index (χ0n) is 15.3. The second kappa shape index (κ2) is 6.18. The van der Waals surface area contributed by atoms with Gasteiger partial charge in [0.25, 0.3) is 0 Å². The van der Waals surface area contributed by atoms with Gasteiger partial charge in [-0.25, -0.2) is 0 Å². The second-order valence-electron chi connectivity index (χ2n) is 7.52. The Bertz CT molecular complexity index is 946. The van der Waals surface area contributed by atoms with E-state index in [0.29, 0.717) is 12.3 Å². The fraction of sp³-hybridized carbons (Fsp3) is 0.348. The summed E-state index contributed by atoms with van der Waals surface area (Å²) in [6.07, 6.45) is 4.01. The molecule has 0 spiro atoms. The molecule has 2 heteroatoms. The van der Waals surface area contributed by atoms with Crippen molar-refractivity contribution in [3.63, 3.8) is 0 Å². The Labute approximate surface area is 149 Å². The van der Waals surface area contributed by atoms with E-state index < -0.39 is 0 Å². The Hall–Kier alpha value is -2.35. The van der Waals surface area contributed by atoms with E-state index in [9.17, 15) is 4.79 Å². The molecule has 0 radical (unpaired) electrons. The van der Waals surface area contributed by atoms with E-state index in [1.807, 2.05) is 24.3 Å². The van der Waals surface area contributed by atoms with Gasteiger partial charge in [0.15, 0.2) is 5.78 Å². The van der Waals surface area contributed by atoms with Gasteiger partial charge in [-0.05, 0) is 56.7 Å². The largest absolute Gasteiger partial charge is 0.347 e. The second-order valence-corrected chi connectivity index (χ2v) is 7.52. The quantitative estimate of drug-likeness (QED) is 0.582. The van der Waals surface area contributed by atoms with Gasteiger partial charge in [-0.15, -0.1) is 0 Å². The summed E-state index contributed by atoms with van der Waals surface area (Å²) in [7, 11) is 2.17. The predicted octanol–water partition coefficient (Wildman–Crippen LogP) is 5.49. The summed E-state index contributed by atoms with van der Waals surface area (Å²) in [5.74, 6) is 0.602. The van der Waals surface area contributed by atoms with Crippen molar-refractivity contribution in [2.45, 2.75) is 45.4 Å². The number of fused-ring (bicyclic) bond motifs is 3. The highest BCUT2D eigenvalue weighted by Crippen LogP contribution is 2.41. The molecule has 25 heavy (non-hydrogen) atoms. The van der Waals surface area contributed by atoms with Crippen LogP contribution in [0, 0.1) is 13.8 Å². The van der Waals surface area contributed by atoms with Gasteiger partial charge in [-0.2, -0.15) is 0 Å². The molecule has 0 saturated heterocycles. The number of aromatic nitrogens is 1. The topological polar surface area (TPSA) is 22.0 Å².